The van der Waals surface area contributed by atoms with Gasteiger partial charge in [0.05, 0.1) is 18.2 Å². The summed E-state index contributed by atoms with van der Waals surface area (Å²) >= 11 is 5.75. The molecule has 82 valence electrons. The Hall–Kier alpha value is -1.68. The molecule has 0 saturated heterocycles. The zero-order valence-electron chi connectivity index (χ0n) is 8.33. The van der Waals surface area contributed by atoms with Crippen molar-refractivity contribution in [2.45, 2.75) is 0 Å². The van der Waals surface area contributed by atoms with Crippen molar-refractivity contribution in [1.29, 1.82) is 0 Å². The van der Waals surface area contributed by atoms with Crippen molar-refractivity contribution in [2.24, 2.45) is 0 Å². The molecule has 0 amide bonds. The van der Waals surface area contributed by atoms with E-state index in [0.717, 1.165) is 0 Å². The molecule has 0 saturated carbocycles. The third-order valence-corrected chi connectivity index (χ3v) is 2.34. The molecular weight excluding hydrogens is 233 g/mol. The second kappa shape index (κ2) is 4.06. The van der Waals surface area contributed by atoms with Crippen molar-refractivity contribution in [3.8, 4) is 0 Å². The van der Waals surface area contributed by atoms with Gasteiger partial charge in [-0.1, -0.05) is 11.6 Å². The number of pyridine rings is 1. The van der Waals surface area contributed by atoms with Crippen molar-refractivity contribution in [1.82, 2.24) is 4.98 Å². The van der Waals surface area contributed by atoms with E-state index in [2.05, 4.69) is 9.72 Å². The summed E-state index contributed by atoms with van der Waals surface area (Å²) in [7, 11) is 1.25. The number of hydrogen-bond donors (Lipinski definition) is 0. The Balaban J connectivity index is 2.79. The van der Waals surface area contributed by atoms with E-state index in [1.165, 1.54) is 31.4 Å². The number of esters is 1. The topological polar surface area (TPSA) is 39.2 Å². The number of halogens is 2. The molecule has 0 aliphatic carbocycles. The fourth-order valence-corrected chi connectivity index (χ4v) is 1.64. The van der Waals surface area contributed by atoms with Crippen LogP contribution in [0.4, 0.5) is 4.39 Å². The number of hydrogen-bond acceptors (Lipinski definition) is 3. The van der Waals surface area contributed by atoms with Crippen molar-refractivity contribution >= 4 is 28.5 Å². The van der Waals surface area contributed by atoms with Crippen LogP contribution in [0, 0.1) is 5.82 Å². The number of carbonyl (C=O) groups is 1. The maximum absolute atomic E-state index is 13.1. The molecule has 2 aromatic rings. The molecule has 2 rings (SSSR count). The molecule has 16 heavy (non-hydrogen) atoms. The van der Waals surface area contributed by atoms with Crippen molar-refractivity contribution < 1.29 is 13.9 Å². The molecule has 1 heterocycles. The third kappa shape index (κ3) is 1.84. The maximum atomic E-state index is 13.1. The highest BCUT2D eigenvalue weighted by atomic mass is 35.5. The monoisotopic (exact) mass is 239 g/mol. The van der Waals surface area contributed by atoms with Gasteiger partial charge in [-0.2, -0.15) is 0 Å². The molecule has 0 unspecified atom stereocenters. The number of carbonyl (C=O) groups excluding carboxylic acids is 1. The van der Waals surface area contributed by atoms with E-state index < -0.39 is 11.8 Å². The van der Waals surface area contributed by atoms with E-state index in [9.17, 15) is 9.18 Å². The summed E-state index contributed by atoms with van der Waals surface area (Å²) in [6, 6.07) is 5.30. The Bertz CT molecular complexity index is 571. The van der Waals surface area contributed by atoms with Crippen LogP contribution in [0.15, 0.2) is 24.3 Å². The first-order valence-corrected chi connectivity index (χ1v) is 4.84. The first-order valence-electron chi connectivity index (χ1n) is 4.46. The molecule has 0 fully saturated rings. The first kappa shape index (κ1) is 10.8. The summed E-state index contributed by atoms with van der Waals surface area (Å²) in [6.07, 6.45) is 0. The second-order valence-electron chi connectivity index (χ2n) is 3.15. The summed E-state index contributed by atoms with van der Waals surface area (Å²) < 4.78 is 17.7. The lowest BCUT2D eigenvalue weighted by atomic mass is 10.1. The number of nitrogens with zero attached hydrogens (tertiary/aromatic N) is 1. The average molecular weight is 240 g/mol. The van der Waals surface area contributed by atoms with E-state index in [1.54, 1.807) is 0 Å². The zero-order valence-corrected chi connectivity index (χ0v) is 9.08. The second-order valence-corrected chi connectivity index (χ2v) is 3.53. The van der Waals surface area contributed by atoms with Gasteiger partial charge in [0.25, 0.3) is 0 Å². The van der Waals surface area contributed by atoms with E-state index >= 15 is 0 Å². The Morgan fingerprint density at radius 3 is 2.88 bits per heavy atom. The number of rotatable bonds is 1. The molecule has 0 aliphatic rings. The van der Waals surface area contributed by atoms with Crippen molar-refractivity contribution in [3.05, 3.63) is 40.8 Å². The minimum atomic E-state index is -0.570. The van der Waals surface area contributed by atoms with Crippen molar-refractivity contribution in [3.63, 3.8) is 0 Å². The number of fused-ring (bicyclic) bond motifs is 1. The number of aromatic nitrogens is 1. The fraction of sp³-hybridized carbons (Fsp3) is 0.0909. The molecule has 1 aromatic heterocycles. The number of methoxy groups -OCH3 is 1. The zero-order chi connectivity index (χ0) is 11.7. The van der Waals surface area contributed by atoms with Gasteiger partial charge < -0.3 is 4.74 Å². The smallest absolute Gasteiger partial charge is 0.338 e. The van der Waals surface area contributed by atoms with Gasteiger partial charge in [-0.25, -0.2) is 14.2 Å². The summed E-state index contributed by atoms with van der Waals surface area (Å²) in [4.78, 5) is 15.4. The molecule has 5 heteroatoms. The van der Waals surface area contributed by atoms with E-state index in [1.807, 2.05) is 0 Å². The summed E-state index contributed by atoms with van der Waals surface area (Å²) in [6.45, 7) is 0. The molecule has 1 aromatic carbocycles. The van der Waals surface area contributed by atoms with Crippen LogP contribution in [-0.4, -0.2) is 18.1 Å². The highest BCUT2D eigenvalue weighted by Crippen LogP contribution is 2.22. The highest BCUT2D eigenvalue weighted by Gasteiger charge is 2.13. The van der Waals surface area contributed by atoms with Crippen LogP contribution >= 0.6 is 11.6 Å². The molecule has 0 bridgehead atoms. The Morgan fingerprint density at radius 2 is 2.19 bits per heavy atom. The van der Waals surface area contributed by atoms with Gasteiger partial charge in [0.2, 0.25) is 0 Å². The molecule has 0 spiro atoms. The number of benzene rings is 1. The summed E-state index contributed by atoms with van der Waals surface area (Å²) in [5.74, 6) is -1.01. The van der Waals surface area contributed by atoms with E-state index in [-0.39, 0.29) is 10.7 Å². The molecule has 0 radical (unpaired) electrons. The summed E-state index contributed by atoms with van der Waals surface area (Å²) in [5, 5.41) is 0.552. The lowest BCUT2D eigenvalue weighted by Gasteiger charge is -2.05. The van der Waals surface area contributed by atoms with Crippen LogP contribution in [0.5, 0.6) is 0 Å². The van der Waals surface area contributed by atoms with Crippen molar-refractivity contribution in [2.75, 3.05) is 7.11 Å². The van der Waals surface area contributed by atoms with Crippen LogP contribution in [0.1, 0.15) is 10.4 Å². The van der Waals surface area contributed by atoms with Gasteiger partial charge in [-0.05, 0) is 24.3 Å². The summed E-state index contributed by atoms with van der Waals surface area (Å²) in [5.41, 5.74) is 0.659. The van der Waals surface area contributed by atoms with Gasteiger partial charge in [-0.3, -0.25) is 0 Å². The predicted molar refractivity (Wildman–Crippen MR) is 58.1 cm³/mol. The average Bonchev–Trinajstić information content (AvgIpc) is 2.27. The van der Waals surface area contributed by atoms with Gasteiger partial charge in [0.15, 0.2) is 0 Å². The van der Waals surface area contributed by atoms with Gasteiger partial charge >= 0.3 is 5.97 Å². The quantitative estimate of drug-likeness (QED) is 0.567. The van der Waals surface area contributed by atoms with Crippen LogP contribution < -0.4 is 0 Å². The molecule has 0 aliphatic heterocycles. The normalized spacial score (nSPS) is 10.4. The van der Waals surface area contributed by atoms with Gasteiger partial charge in [0, 0.05) is 5.39 Å². The molecule has 0 N–H and O–H groups in total. The Morgan fingerprint density at radius 1 is 1.44 bits per heavy atom. The molecular formula is C11H7ClFNO2. The van der Waals surface area contributed by atoms with Gasteiger partial charge in [-0.15, -0.1) is 0 Å². The molecule has 3 nitrogen and oxygen atoms in total. The van der Waals surface area contributed by atoms with E-state index in [4.69, 9.17) is 11.6 Å². The van der Waals surface area contributed by atoms with Crippen LogP contribution in [-0.2, 0) is 4.74 Å². The minimum Gasteiger partial charge on any atom is -0.465 e. The lowest BCUT2D eigenvalue weighted by molar-refractivity contribution is 0.0603. The maximum Gasteiger partial charge on any atom is 0.338 e. The predicted octanol–water partition coefficient (Wildman–Crippen LogP) is 2.81. The first-order chi connectivity index (χ1) is 7.61. The lowest BCUT2D eigenvalue weighted by Crippen LogP contribution is -2.03. The minimum absolute atomic E-state index is 0.166. The van der Waals surface area contributed by atoms with Crippen LogP contribution in [0.2, 0.25) is 5.15 Å². The Labute approximate surface area is 95.8 Å². The Kier molecular flexibility index (Phi) is 2.75. The van der Waals surface area contributed by atoms with Crippen LogP contribution in [0.3, 0.4) is 0 Å². The largest absolute Gasteiger partial charge is 0.465 e. The van der Waals surface area contributed by atoms with E-state index in [0.29, 0.717) is 10.9 Å². The molecule has 0 atom stereocenters. The highest BCUT2D eigenvalue weighted by molar-refractivity contribution is 6.30. The fourth-order valence-electron chi connectivity index (χ4n) is 1.44. The van der Waals surface area contributed by atoms with Crippen LogP contribution in [0.25, 0.3) is 10.9 Å². The number of ether oxygens (including phenoxy) is 1. The SMILES string of the molecule is COC(=O)c1cc(Cl)nc2ccc(F)cc12. The standard InChI is InChI=1S/C11H7ClFNO2/c1-16-11(15)8-5-10(12)14-9-3-2-6(13)4-7(8)9/h2-5H,1H3. The van der Waals surface area contributed by atoms with Gasteiger partial charge in [0.1, 0.15) is 11.0 Å². The third-order valence-electron chi connectivity index (χ3n) is 2.14.